The van der Waals surface area contributed by atoms with Crippen molar-refractivity contribution >= 4 is 23.0 Å². The lowest BCUT2D eigenvalue weighted by Crippen LogP contribution is -2.35. The van der Waals surface area contributed by atoms with Gasteiger partial charge in [-0.2, -0.15) is 0 Å². The van der Waals surface area contributed by atoms with Crippen LogP contribution in [0.25, 0.3) is 0 Å². The van der Waals surface area contributed by atoms with Gasteiger partial charge in [-0.25, -0.2) is 4.39 Å². The van der Waals surface area contributed by atoms with E-state index in [1.165, 1.54) is 17.7 Å². The molecule has 1 aliphatic rings. The molecule has 1 atom stereocenters. The van der Waals surface area contributed by atoms with Gasteiger partial charge >= 0.3 is 0 Å². The fourth-order valence-corrected chi connectivity index (χ4v) is 3.34. The molecule has 2 heterocycles. The lowest BCUT2D eigenvalue weighted by molar-refractivity contribution is 0.0981. The van der Waals surface area contributed by atoms with Crippen LogP contribution < -0.4 is 10.2 Å². The van der Waals surface area contributed by atoms with Crippen molar-refractivity contribution < 1.29 is 9.18 Å². The fraction of sp³-hybridized carbons (Fsp3) is 0.143. The number of para-hydroxylation sites is 1. The van der Waals surface area contributed by atoms with Crippen molar-refractivity contribution in [1.82, 2.24) is 4.98 Å². The number of amides is 1. The lowest BCUT2D eigenvalue weighted by atomic mass is 10.1. The third-order valence-electron chi connectivity index (χ3n) is 4.54. The molecule has 0 aliphatic carbocycles. The number of hydrogen-bond donors (Lipinski definition) is 1. The molecule has 0 spiro atoms. The summed E-state index contributed by atoms with van der Waals surface area (Å²) in [6.45, 7) is 2.05. The number of pyridine rings is 1. The molecule has 5 heteroatoms. The number of nitrogens with one attached hydrogen (secondary N) is 1. The van der Waals surface area contributed by atoms with E-state index in [1.807, 2.05) is 30.0 Å². The molecule has 0 radical (unpaired) electrons. The first-order valence-corrected chi connectivity index (χ1v) is 8.51. The van der Waals surface area contributed by atoms with Crippen molar-refractivity contribution in [2.75, 3.05) is 10.2 Å². The molecular weight excluding hydrogens is 329 g/mol. The van der Waals surface area contributed by atoms with Gasteiger partial charge in [0.15, 0.2) is 0 Å². The molecule has 4 rings (SSSR count). The second kappa shape index (κ2) is 6.59. The third-order valence-corrected chi connectivity index (χ3v) is 4.54. The van der Waals surface area contributed by atoms with Gasteiger partial charge in [0.1, 0.15) is 5.82 Å². The Morgan fingerprint density at radius 1 is 1.12 bits per heavy atom. The van der Waals surface area contributed by atoms with Crippen molar-refractivity contribution in [2.45, 2.75) is 19.4 Å². The molecule has 1 aromatic heterocycles. The number of carbonyl (C=O) groups is 1. The van der Waals surface area contributed by atoms with Gasteiger partial charge in [-0.1, -0.05) is 18.2 Å². The first kappa shape index (κ1) is 16.3. The number of halogens is 1. The summed E-state index contributed by atoms with van der Waals surface area (Å²) in [6.07, 6.45) is 4.07. The summed E-state index contributed by atoms with van der Waals surface area (Å²) in [7, 11) is 0. The van der Waals surface area contributed by atoms with Crippen LogP contribution in [0.1, 0.15) is 22.8 Å². The molecule has 2 aromatic carbocycles. The summed E-state index contributed by atoms with van der Waals surface area (Å²) in [5.41, 5.74) is 4.07. The first-order chi connectivity index (χ1) is 12.6. The van der Waals surface area contributed by atoms with Crippen LogP contribution in [0.2, 0.25) is 0 Å². The summed E-state index contributed by atoms with van der Waals surface area (Å²) in [6, 6.07) is 15.9. The Bertz CT molecular complexity index is 955. The van der Waals surface area contributed by atoms with Crippen molar-refractivity contribution in [1.29, 1.82) is 0 Å². The van der Waals surface area contributed by atoms with Gasteiger partial charge in [0.2, 0.25) is 0 Å². The van der Waals surface area contributed by atoms with Gasteiger partial charge < -0.3 is 10.2 Å². The highest BCUT2D eigenvalue weighted by Gasteiger charge is 2.31. The molecule has 26 heavy (non-hydrogen) atoms. The molecule has 130 valence electrons. The zero-order valence-electron chi connectivity index (χ0n) is 14.3. The quantitative estimate of drug-likeness (QED) is 0.756. The van der Waals surface area contributed by atoms with Crippen LogP contribution >= 0.6 is 0 Å². The number of aromatic nitrogens is 1. The van der Waals surface area contributed by atoms with Crippen LogP contribution in [0.3, 0.4) is 0 Å². The fourth-order valence-electron chi connectivity index (χ4n) is 3.34. The summed E-state index contributed by atoms with van der Waals surface area (Å²) in [4.78, 5) is 19.1. The summed E-state index contributed by atoms with van der Waals surface area (Å²) in [5.74, 6) is -0.364. The largest absolute Gasteiger partial charge is 0.354 e. The number of nitrogens with zero attached hydrogens (tertiary/aromatic N) is 2. The van der Waals surface area contributed by atoms with Crippen LogP contribution in [-0.2, 0) is 6.42 Å². The third kappa shape index (κ3) is 3.04. The van der Waals surface area contributed by atoms with E-state index in [9.17, 15) is 9.18 Å². The molecule has 1 unspecified atom stereocenters. The highest BCUT2D eigenvalue weighted by atomic mass is 19.1. The van der Waals surface area contributed by atoms with Gasteiger partial charge in [-0.15, -0.1) is 0 Å². The Morgan fingerprint density at radius 2 is 1.88 bits per heavy atom. The maximum Gasteiger partial charge on any atom is 0.260 e. The van der Waals surface area contributed by atoms with Crippen LogP contribution in [0.5, 0.6) is 0 Å². The molecular formula is C21H18FN3O. The van der Waals surface area contributed by atoms with Gasteiger partial charge in [0, 0.05) is 23.6 Å². The summed E-state index contributed by atoms with van der Waals surface area (Å²) < 4.78 is 13.0. The molecule has 3 aromatic rings. The zero-order valence-corrected chi connectivity index (χ0v) is 14.3. The van der Waals surface area contributed by atoms with E-state index in [0.29, 0.717) is 11.3 Å². The highest BCUT2D eigenvalue weighted by Crippen LogP contribution is 2.33. The second-order valence-corrected chi connectivity index (χ2v) is 6.45. The predicted octanol–water partition coefficient (Wildman–Crippen LogP) is 4.56. The van der Waals surface area contributed by atoms with E-state index < -0.39 is 0 Å². The Balaban J connectivity index is 1.60. The number of rotatable bonds is 3. The standard InChI is InChI=1S/C21H18FN3O/c1-14-10-15-4-2-3-5-20(15)25(14)21(26)16-11-19(13-23-12-16)24-18-8-6-17(22)7-9-18/h2-9,11-14,24H,10H2,1H3. The minimum absolute atomic E-state index is 0.0716. The Labute approximate surface area is 151 Å². The average molecular weight is 347 g/mol. The van der Waals surface area contributed by atoms with Crippen LogP contribution in [-0.4, -0.2) is 16.9 Å². The molecule has 0 saturated heterocycles. The maximum atomic E-state index is 13.1. The Morgan fingerprint density at radius 3 is 2.69 bits per heavy atom. The predicted molar refractivity (Wildman–Crippen MR) is 100 cm³/mol. The minimum atomic E-state index is -0.292. The van der Waals surface area contributed by atoms with Crippen molar-refractivity contribution in [3.05, 3.63) is 83.9 Å². The van der Waals surface area contributed by atoms with Gasteiger partial charge in [0.05, 0.1) is 17.4 Å². The Kier molecular flexibility index (Phi) is 4.13. The van der Waals surface area contributed by atoms with Gasteiger partial charge in [0.25, 0.3) is 5.91 Å². The molecule has 1 aliphatic heterocycles. The average Bonchev–Trinajstić information content (AvgIpc) is 2.99. The van der Waals surface area contributed by atoms with E-state index in [1.54, 1.807) is 30.6 Å². The number of anilines is 3. The van der Waals surface area contributed by atoms with Crippen LogP contribution in [0.15, 0.2) is 67.0 Å². The van der Waals surface area contributed by atoms with E-state index in [0.717, 1.165) is 17.8 Å². The van der Waals surface area contributed by atoms with Crippen LogP contribution in [0.4, 0.5) is 21.5 Å². The molecule has 1 amide bonds. The van der Waals surface area contributed by atoms with E-state index >= 15 is 0 Å². The lowest BCUT2D eigenvalue weighted by Gasteiger charge is -2.23. The zero-order chi connectivity index (χ0) is 18.1. The van der Waals surface area contributed by atoms with Gasteiger partial charge in [-0.3, -0.25) is 9.78 Å². The number of carbonyl (C=O) groups excluding carboxylic acids is 1. The van der Waals surface area contributed by atoms with Crippen molar-refractivity contribution in [3.8, 4) is 0 Å². The second-order valence-electron chi connectivity index (χ2n) is 6.45. The smallest absolute Gasteiger partial charge is 0.260 e. The first-order valence-electron chi connectivity index (χ1n) is 8.51. The normalized spacial score (nSPS) is 15.6. The summed E-state index contributed by atoms with van der Waals surface area (Å²) >= 11 is 0. The molecule has 1 N–H and O–H groups in total. The number of fused-ring (bicyclic) bond motifs is 1. The molecule has 4 nitrogen and oxygen atoms in total. The maximum absolute atomic E-state index is 13.1. The van der Waals surface area contributed by atoms with E-state index in [4.69, 9.17) is 0 Å². The van der Waals surface area contributed by atoms with Gasteiger partial charge in [-0.05, 0) is 55.3 Å². The van der Waals surface area contributed by atoms with Crippen molar-refractivity contribution in [3.63, 3.8) is 0 Å². The highest BCUT2D eigenvalue weighted by molar-refractivity contribution is 6.08. The SMILES string of the molecule is CC1Cc2ccccc2N1C(=O)c1cncc(Nc2ccc(F)cc2)c1. The topological polar surface area (TPSA) is 45.2 Å². The minimum Gasteiger partial charge on any atom is -0.354 e. The monoisotopic (exact) mass is 347 g/mol. The molecule has 0 bridgehead atoms. The van der Waals surface area contributed by atoms with E-state index in [2.05, 4.69) is 16.4 Å². The van der Waals surface area contributed by atoms with E-state index in [-0.39, 0.29) is 17.8 Å². The molecule has 0 fully saturated rings. The van der Waals surface area contributed by atoms with Crippen molar-refractivity contribution in [2.24, 2.45) is 0 Å². The number of hydrogen-bond acceptors (Lipinski definition) is 3. The number of benzene rings is 2. The van der Waals surface area contributed by atoms with Crippen LogP contribution in [0, 0.1) is 5.82 Å². The molecule has 0 saturated carbocycles. The Hall–Kier alpha value is -3.21. The summed E-state index contributed by atoms with van der Waals surface area (Å²) in [5, 5.41) is 3.15.